The van der Waals surface area contributed by atoms with Crippen molar-refractivity contribution in [3.8, 4) is 11.5 Å². The summed E-state index contributed by atoms with van der Waals surface area (Å²) in [5.74, 6) is 0.985. The molecule has 1 aromatic carbocycles. The summed E-state index contributed by atoms with van der Waals surface area (Å²) >= 11 is 0. The van der Waals surface area contributed by atoms with Crippen LogP contribution in [-0.2, 0) is 11.3 Å². The van der Waals surface area contributed by atoms with Crippen LogP contribution in [0.1, 0.15) is 38.2 Å². The van der Waals surface area contributed by atoms with Gasteiger partial charge in [0.15, 0.2) is 0 Å². The largest absolute Gasteiger partial charge is 0.493 e. The maximum atomic E-state index is 12.7. The van der Waals surface area contributed by atoms with Crippen molar-refractivity contribution >= 4 is 18.3 Å². The van der Waals surface area contributed by atoms with Gasteiger partial charge in [-0.3, -0.25) is 4.79 Å². The van der Waals surface area contributed by atoms with Crippen LogP contribution in [0.4, 0.5) is 8.78 Å². The van der Waals surface area contributed by atoms with E-state index in [-0.39, 0.29) is 42.6 Å². The number of nitrogens with one attached hydrogen (secondary N) is 1. The third kappa shape index (κ3) is 5.02. The highest BCUT2D eigenvalue weighted by Gasteiger charge is 2.48. The first-order chi connectivity index (χ1) is 12.5. The van der Waals surface area contributed by atoms with Crippen LogP contribution in [0.5, 0.6) is 11.5 Å². The molecule has 27 heavy (non-hydrogen) atoms. The summed E-state index contributed by atoms with van der Waals surface area (Å²) < 4.78 is 35.5. The minimum absolute atomic E-state index is 0. The van der Waals surface area contributed by atoms with Crippen LogP contribution >= 0.6 is 12.4 Å². The van der Waals surface area contributed by atoms with Crippen molar-refractivity contribution < 1.29 is 23.0 Å². The molecular weight excluding hydrogens is 378 g/mol. The van der Waals surface area contributed by atoms with Gasteiger partial charge >= 0.3 is 6.61 Å². The zero-order valence-electron chi connectivity index (χ0n) is 15.3. The number of amides is 1. The summed E-state index contributed by atoms with van der Waals surface area (Å²) in [6.45, 7) is -0.368. The van der Waals surface area contributed by atoms with E-state index in [9.17, 15) is 13.6 Å². The molecule has 4 atom stereocenters. The average molecular weight is 405 g/mol. The molecular formula is C19H27ClF2N2O3. The van der Waals surface area contributed by atoms with Crippen molar-refractivity contribution in [1.29, 1.82) is 0 Å². The molecule has 0 aromatic heterocycles. The molecule has 2 fully saturated rings. The number of ether oxygens (including phenoxy) is 2. The molecule has 2 aliphatic carbocycles. The smallest absolute Gasteiger partial charge is 0.387 e. The first kappa shape index (κ1) is 21.7. The van der Waals surface area contributed by atoms with Gasteiger partial charge in [0.25, 0.3) is 0 Å². The third-order valence-electron chi connectivity index (χ3n) is 5.46. The first-order valence-electron chi connectivity index (χ1n) is 9.23. The van der Waals surface area contributed by atoms with Crippen molar-refractivity contribution in [3.05, 3.63) is 23.8 Å². The summed E-state index contributed by atoms with van der Waals surface area (Å²) in [6, 6.07) is 4.67. The Morgan fingerprint density at radius 2 is 2.07 bits per heavy atom. The van der Waals surface area contributed by atoms with Gasteiger partial charge in [-0.25, -0.2) is 0 Å². The van der Waals surface area contributed by atoms with Crippen LogP contribution in [-0.4, -0.2) is 25.2 Å². The fraction of sp³-hybridized carbons (Fsp3) is 0.632. The number of carbonyl (C=O) groups is 1. The Kier molecular flexibility index (Phi) is 7.68. The van der Waals surface area contributed by atoms with E-state index in [1.165, 1.54) is 6.07 Å². The number of hydrogen-bond acceptors (Lipinski definition) is 4. The lowest BCUT2D eigenvalue weighted by atomic mass is 9.84. The van der Waals surface area contributed by atoms with E-state index < -0.39 is 6.61 Å². The Balaban J connectivity index is 0.00000261. The Morgan fingerprint density at radius 1 is 1.33 bits per heavy atom. The molecule has 152 valence electrons. The summed E-state index contributed by atoms with van der Waals surface area (Å²) in [5.41, 5.74) is 6.68. The van der Waals surface area contributed by atoms with Gasteiger partial charge in [-0.2, -0.15) is 8.78 Å². The number of hydrogen-bond donors (Lipinski definition) is 2. The van der Waals surface area contributed by atoms with Crippen molar-refractivity contribution in [2.45, 2.75) is 51.8 Å². The Labute approximate surface area is 164 Å². The molecule has 2 aliphatic rings. The molecule has 0 spiro atoms. The molecule has 5 nitrogen and oxygen atoms in total. The van der Waals surface area contributed by atoms with Gasteiger partial charge in [0, 0.05) is 24.2 Å². The number of halogens is 3. The molecule has 8 heteroatoms. The number of nitrogens with two attached hydrogens (primary N) is 1. The number of alkyl halides is 2. The highest BCUT2D eigenvalue weighted by atomic mass is 35.5. The number of carbonyl (C=O) groups excluding carboxylic acids is 1. The van der Waals surface area contributed by atoms with Gasteiger partial charge < -0.3 is 20.5 Å². The van der Waals surface area contributed by atoms with E-state index in [0.29, 0.717) is 29.8 Å². The number of benzene rings is 1. The second-order valence-electron chi connectivity index (χ2n) is 7.15. The van der Waals surface area contributed by atoms with Crippen molar-refractivity contribution in [1.82, 2.24) is 5.32 Å². The van der Waals surface area contributed by atoms with E-state index in [1.807, 2.05) is 6.92 Å². The van der Waals surface area contributed by atoms with Gasteiger partial charge in [0.1, 0.15) is 11.5 Å². The minimum atomic E-state index is -2.94. The molecule has 0 aliphatic heterocycles. The fourth-order valence-electron chi connectivity index (χ4n) is 4.22. The highest BCUT2D eigenvalue weighted by molar-refractivity contribution is 5.85. The molecule has 2 bridgehead atoms. The van der Waals surface area contributed by atoms with Crippen molar-refractivity contribution in [2.75, 3.05) is 6.61 Å². The topological polar surface area (TPSA) is 73.6 Å². The maximum Gasteiger partial charge on any atom is 0.387 e. The van der Waals surface area contributed by atoms with Gasteiger partial charge in [-0.15, -0.1) is 12.4 Å². The molecule has 0 heterocycles. The number of fused-ring (bicyclic) bond motifs is 2. The van der Waals surface area contributed by atoms with Gasteiger partial charge in [-0.1, -0.05) is 6.92 Å². The van der Waals surface area contributed by atoms with E-state index in [0.717, 1.165) is 25.7 Å². The standard InChI is InChI=1S/C19H26F2N2O3.ClH/c1-2-7-25-14-6-5-13(15(9-14)26-19(20)21)10-23-18(24)16-11-3-4-12(8-11)17(16)22;/h5-6,9,11-12,16-17,19H,2-4,7-8,10,22H2,1H3,(H,23,24);1H. The zero-order valence-corrected chi connectivity index (χ0v) is 16.1. The molecule has 3 rings (SSSR count). The Bertz CT molecular complexity index is 645. The van der Waals surface area contributed by atoms with Gasteiger partial charge in [0.05, 0.1) is 12.5 Å². The van der Waals surface area contributed by atoms with Crippen LogP contribution in [0.15, 0.2) is 18.2 Å². The lowest BCUT2D eigenvalue weighted by Gasteiger charge is -2.27. The van der Waals surface area contributed by atoms with E-state index in [2.05, 4.69) is 10.1 Å². The van der Waals surface area contributed by atoms with Crippen LogP contribution in [0, 0.1) is 17.8 Å². The Hall–Kier alpha value is -1.60. The SMILES string of the molecule is CCCOc1ccc(CNC(=O)C2C3CCC(C3)C2N)c(OC(F)F)c1.Cl. The molecule has 3 N–H and O–H groups in total. The molecule has 0 saturated heterocycles. The summed E-state index contributed by atoms with van der Waals surface area (Å²) in [7, 11) is 0. The molecule has 0 radical (unpaired) electrons. The quantitative estimate of drug-likeness (QED) is 0.695. The third-order valence-corrected chi connectivity index (χ3v) is 5.46. The van der Waals surface area contributed by atoms with E-state index in [4.69, 9.17) is 10.5 Å². The van der Waals surface area contributed by atoms with Gasteiger partial charge in [-0.05, 0) is 49.7 Å². The fourth-order valence-corrected chi connectivity index (χ4v) is 4.22. The molecule has 1 amide bonds. The average Bonchev–Trinajstić information content (AvgIpc) is 3.19. The predicted octanol–water partition coefficient (Wildman–Crippen LogP) is 3.49. The normalized spacial score (nSPS) is 26.0. The predicted molar refractivity (Wildman–Crippen MR) is 100 cm³/mol. The second-order valence-corrected chi connectivity index (χ2v) is 7.15. The summed E-state index contributed by atoms with van der Waals surface area (Å²) in [6.07, 6.45) is 3.97. The van der Waals surface area contributed by atoms with E-state index in [1.54, 1.807) is 12.1 Å². The Morgan fingerprint density at radius 3 is 2.70 bits per heavy atom. The van der Waals surface area contributed by atoms with Crippen LogP contribution in [0.2, 0.25) is 0 Å². The highest BCUT2D eigenvalue weighted by Crippen LogP contribution is 2.47. The van der Waals surface area contributed by atoms with Crippen molar-refractivity contribution in [2.24, 2.45) is 23.5 Å². The lowest BCUT2D eigenvalue weighted by Crippen LogP contribution is -2.45. The maximum absolute atomic E-state index is 12.7. The molecule has 1 aromatic rings. The first-order valence-corrected chi connectivity index (χ1v) is 9.23. The zero-order chi connectivity index (χ0) is 18.7. The second kappa shape index (κ2) is 9.55. The van der Waals surface area contributed by atoms with Crippen LogP contribution in [0.3, 0.4) is 0 Å². The molecule has 2 saturated carbocycles. The summed E-state index contributed by atoms with van der Waals surface area (Å²) in [4.78, 5) is 12.6. The lowest BCUT2D eigenvalue weighted by molar-refractivity contribution is -0.127. The summed E-state index contributed by atoms with van der Waals surface area (Å²) in [5, 5.41) is 2.85. The molecule has 4 unspecified atom stereocenters. The minimum Gasteiger partial charge on any atom is -0.493 e. The number of rotatable bonds is 8. The van der Waals surface area contributed by atoms with Crippen LogP contribution in [0.25, 0.3) is 0 Å². The monoisotopic (exact) mass is 404 g/mol. The van der Waals surface area contributed by atoms with Crippen LogP contribution < -0.4 is 20.5 Å². The van der Waals surface area contributed by atoms with Crippen molar-refractivity contribution in [3.63, 3.8) is 0 Å². The van der Waals surface area contributed by atoms with E-state index >= 15 is 0 Å². The van der Waals surface area contributed by atoms with Gasteiger partial charge in [0.2, 0.25) is 5.91 Å².